The van der Waals surface area contributed by atoms with Crippen molar-refractivity contribution in [2.75, 3.05) is 14.7 Å². The van der Waals surface area contributed by atoms with E-state index >= 15 is 0 Å². The number of pyridine rings is 1. The monoisotopic (exact) mass is 710 g/mol. The van der Waals surface area contributed by atoms with E-state index in [0.29, 0.717) is 0 Å². The van der Waals surface area contributed by atoms with Gasteiger partial charge in [-0.1, -0.05) is 133 Å². The molecule has 1 aromatic heterocycles. The third kappa shape index (κ3) is 5.93. The summed E-state index contributed by atoms with van der Waals surface area (Å²) >= 11 is 0. The molecule has 0 unspecified atom stereocenters. The molecule has 4 heteroatoms. The van der Waals surface area contributed by atoms with Crippen LogP contribution in [0.4, 0.5) is 45.6 Å². The van der Waals surface area contributed by atoms with Crippen LogP contribution < -0.4 is 14.7 Å². The van der Waals surface area contributed by atoms with Gasteiger partial charge >= 0.3 is 0 Å². The lowest BCUT2D eigenvalue weighted by Gasteiger charge is -2.48. The summed E-state index contributed by atoms with van der Waals surface area (Å²) in [4.78, 5) is 12.4. The number of aromatic nitrogens is 1. The van der Waals surface area contributed by atoms with Crippen LogP contribution in [0.1, 0.15) is 36.1 Å². The molecular formula is C51H42N4. The molecule has 1 aliphatic rings. The third-order valence-corrected chi connectivity index (χ3v) is 10.7. The van der Waals surface area contributed by atoms with Gasteiger partial charge in [0, 0.05) is 45.7 Å². The summed E-state index contributed by atoms with van der Waals surface area (Å²) in [6.45, 7) is 4.54. The molecule has 0 fully saturated rings. The molecule has 0 N–H and O–H groups in total. The van der Waals surface area contributed by atoms with Crippen LogP contribution in [0.5, 0.6) is 0 Å². The van der Waals surface area contributed by atoms with Crippen molar-refractivity contribution in [1.29, 1.82) is 0 Å². The van der Waals surface area contributed by atoms with Gasteiger partial charge in [0.15, 0.2) is 0 Å². The van der Waals surface area contributed by atoms with E-state index in [2.05, 4.69) is 241 Å². The van der Waals surface area contributed by atoms with Gasteiger partial charge in [0.1, 0.15) is 5.82 Å². The van der Waals surface area contributed by atoms with E-state index in [4.69, 9.17) is 4.98 Å². The van der Waals surface area contributed by atoms with Crippen molar-refractivity contribution >= 4 is 45.6 Å². The van der Waals surface area contributed by atoms with Gasteiger partial charge in [0.2, 0.25) is 0 Å². The van der Waals surface area contributed by atoms with E-state index < -0.39 is 5.41 Å². The van der Waals surface area contributed by atoms with E-state index in [0.717, 1.165) is 45.6 Å². The number of benzene rings is 7. The van der Waals surface area contributed by atoms with Crippen molar-refractivity contribution in [1.82, 2.24) is 4.98 Å². The summed E-state index contributed by atoms with van der Waals surface area (Å²) in [5, 5.41) is 0. The summed E-state index contributed by atoms with van der Waals surface area (Å²) < 4.78 is 0. The lowest BCUT2D eigenvalue weighted by Crippen LogP contribution is -2.41. The van der Waals surface area contributed by atoms with Crippen LogP contribution in [-0.2, 0) is 5.41 Å². The Labute approximate surface area is 324 Å². The molecule has 9 rings (SSSR count). The molecule has 0 bridgehead atoms. The number of rotatable bonds is 9. The topological polar surface area (TPSA) is 22.6 Å². The summed E-state index contributed by atoms with van der Waals surface area (Å²) in [7, 11) is 0. The first-order chi connectivity index (χ1) is 27.1. The highest BCUT2D eigenvalue weighted by Crippen LogP contribution is 2.58. The lowest BCUT2D eigenvalue weighted by molar-refractivity contribution is 0.685. The first-order valence-corrected chi connectivity index (χ1v) is 19.0. The van der Waals surface area contributed by atoms with Gasteiger partial charge in [-0.3, -0.25) is 4.90 Å². The van der Waals surface area contributed by atoms with Crippen LogP contribution in [-0.4, -0.2) is 11.0 Å². The highest BCUT2D eigenvalue weighted by Gasteiger charge is 2.47. The van der Waals surface area contributed by atoms with Crippen molar-refractivity contribution in [2.24, 2.45) is 0 Å². The molecular weight excluding hydrogens is 669 g/mol. The second kappa shape index (κ2) is 14.5. The van der Waals surface area contributed by atoms with Gasteiger partial charge in [-0.15, -0.1) is 0 Å². The summed E-state index contributed by atoms with van der Waals surface area (Å²) in [6, 6.07) is 74.0. The van der Waals surface area contributed by atoms with E-state index in [-0.39, 0.29) is 6.04 Å². The summed E-state index contributed by atoms with van der Waals surface area (Å²) in [6.07, 6.45) is 2.10. The van der Waals surface area contributed by atoms with Crippen molar-refractivity contribution < 1.29 is 0 Å². The summed E-state index contributed by atoms with van der Waals surface area (Å²) in [5.74, 6) is 0.853. The first-order valence-electron chi connectivity index (χ1n) is 19.0. The Balaban J connectivity index is 1.39. The fourth-order valence-corrected chi connectivity index (χ4v) is 8.39. The quantitative estimate of drug-likeness (QED) is 0.149. The molecule has 0 saturated carbocycles. The minimum Gasteiger partial charge on any atom is -0.337 e. The van der Waals surface area contributed by atoms with Gasteiger partial charge in [-0.25, -0.2) is 4.98 Å². The molecule has 0 amide bonds. The van der Waals surface area contributed by atoms with Gasteiger partial charge in [-0.2, -0.15) is 0 Å². The maximum Gasteiger partial charge on any atom is 0.137 e. The molecule has 0 aliphatic carbocycles. The maximum absolute atomic E-state index is 5.30. The first kappa shape index (κ1) is 33.9. The molecule has 266 valence electrons. The molecule has 7 aromatic carbocycles. The highest BCUT2D eigenvalue weighted by atomic mass is 15.2. The standard InChI is InChI=1S/C51H42N4/c1-38(2)53-48-34-33-45(54(41-25-13-5-14-26-41)42-27-15-6-16-28-42)35-46(48)51(39-21-9-3-10-22-39,40-23-11-4-12-24-40)47-36-50(52-37-49(47)53)55(43-29-17-7-18-30-43)44-31-19-8-20-32-44/h3-38H,1-2H3. The van der Waals surface area contributed by atoms with Crippen LogP contribution in [0, 0.1) is 0 Å². The number of anilines is 8. The van der Waals surface area contributed by atoms with Crippen LogP contribution in [0.15, 0.2) is 212 Å². The Morgan fingerprint density at radius 1 is 0.418 bits per heavy atom. The Morgan fingerprint density at radius 3 is 1.25 bits per heavy atom. The number of fused-ring (bicyclic) bond motifs is 2. The fraction of sp³-hybridized carbons (Fsp3) is 0.0784. The van der Waals surface area contributed by atoms with Crippen LogP contribution >= 0.6 is 0 Å². The zero-order valence-corrected chi connectivity index (χ0v) is 31.1. The number of nitrogens with zero attached hydrogens (tertiary/aromatic N) is 4. The Bertz CT molecular complexity index is 2250. The van der Waals surface area contributed by atoms with Crippen LogP contribution in [0.25, 0.3) is 0 Å². The smallest absolute Gasteiger partial charge is 0.137 e. The molecule has 0 saturated heterocycles. The zero-order chi connectivity index (χ0) is 37.2. The average molecular weight is 711 g/mol. The predicted octanol–water partition coefficient (Wildman–Crippen LogP) is 13.3. The van der Waals surface area contributed by atoms with Gasteiger partial charge < -0.3 is 9.80 Å². The Kier molecular flexibility index (Phi) is 8.93. The Morgan fingerprint density at radius 2 is 0.818 bits per heavy atom. The molecule has 4 nitrogen and oxygen atoms in total. The van der Waals surface area contributed by atoms with Crippen LogP contribution in [0.2, 0.25) is 0 Å². The van der Waals surface area contributed by atoms with Gasteiger partial charge in [-0.05, 0) is 103 Å². The molecule has 1 aliphatic heterocycles. The normalized spacial score (nSPS) is 12.8. The minimum atomic E-state index is -0.704. The van der Waals surface area contributed by atoms with Crippen molar-refractivity contribution in [3.05, 3.63) is 235 Å². The Hall–Kier alpha value is -6.91. The average Bonchev–Trinajstić information content (AvgIpc) is 3.25. The molecule has 0 radical (unpaired) electrons. The third-order valence-electron chi connectivity index (χ3n) is 10.7. The second-order valence-corrected chi connectivity index (χ2v) is 14.2. The van der Waals surface area contributed by atoms with E-state index in [1.165, 1.54) is 22.3 Å². The minimum absolute atomic E-state index is 0.152. The molecule has 2 heterocycles. The van der Waals surface area contributed by atoms with Gasteiger partial charge in [0.25, 0.3) is 0 Å². The fourth-order valence-electron chi connectivity index (χ4n) is 8.39. The predicted molar refractivity (Wildman–Crippen MR) is 229 cm³/mol. The van der Waals surface area contributed by atoms with Crippen molar-refractivity contribution in [3.63, 3.8) is 0 Å². The summed E-state index contributed by atoms with van der Waals surface area (Å²) in [5.41, 5.74) is 11.7. The number of hydrogen-bond acceptors (Lipinski definition) is 4. The zero-order valence-electron chi connectivity index (χ0n) is 31.1. The van der Waals surface area contributed by atoms with E-state index in [1.54, 1.807) is 0 Å². The SMILES string of the molecule is CC(C)N1c2ccc(N(c3ccccc3)c3ccccc3)cc2C(c2ccccc2)(c2ccccc2)c2cc(N(c3ccccc3)c3ccccc3)ncc21. The maximum atomic E-state index is 5.30. The van der Waals surface area contributed by atoms with Gasteiger partial charge in [0.05, 0.1) is 17.3 Å². The van der Waals surface area contributed by atoms with Crippen LogP contribution in [0.3, 0.4) is 0 Å². The number of para-hydroxylation sites is 4. The van der Waals surface area contributed by atoms with E-state index in [1.807, 2.05) is 0 Å². The largest absolute Gasteiger partial charge is 0.337 e. The van der Waals surface area contributed by atoms with Crippen molar-refractivity contribution in [2.45, 2.75) is 25.3 Å². The molecule has 8 aromatic rings. The second-order valence-electron chi connectivity index (χ2n) is 14.2. The number of hydrogen-bond donors (Lipinski definition) is 0. The lowest BCUT2D eigenvalue weighted by atomic mass is 9.62. The molecule has 0 spiro atoms. The van der Waals surface area contributed by atoms with Crippen molar-refractivity contribution in [3.8, 4) is 0 Å². The highest BCUT2D eigenvalue weighted by molar-refractivity contribution is 5.88. The molecule has 55 heavy (non-hydrogen) atoms. The van der Waals surface area contributed by atoms with E-state index in [9.17, 15) is 0 Å². The molecule has 0 atom stereocenters.